The molecule has 2 rings (SSSR count). The number of likely N-dealkylation sites (N-methyl/N-ethyl adjacent to an activating group) is 1. The standard InChI is InChI=1S/C17H28N2O2/c1-4-19(5-2)14-13-18-12-8-11-17(3)20-15-9-6-7-10-16(15)21-17/h6-7,9-10,18H,4-5,8,11-14H2,1-3H3. The lowest BCUT2D eigenvalue weighted by Crippen LogP contribution is -2.36. The molecule has 1 heterocycles. The van der Waals surface area contributed by atoms with Crippen LogP contribution in [0.15, 0.2) is 24.3 Å². The number of benzene rings is 1. The molecule has 1 aliphatic rings. The second-order valence-electron chi connectivity index (χ2n) is 5.67. The van der Waals surface area contributed by atoms with E-state index in [1.807, 2.05) is 31.2 Å². The van der Waals surface area contributed by atoms with Gasteiger partial charge in [-0.25, -0.2) is 0 Å². The van der Waals surface area contributed by atoms with Gasteiger partial charge in [0.1, 0.15) is 0 Å². The first kappa shape index (κ1) is 16.1. The predicted molar refractivity (Wildman–Crippen MR) is 86.0 cm³/mol. The summed E-state index contributed by atoms with van der Waals surface area (Å²) in [5, 5.41) is 3.49. The second kappa shape index (κ2) is 7.66. The van der Waals surface area contributed by atoms with Crippen LogP contribution >= 0.6 is 0 Å². The Hall–Kier alpha value is -1.26. The number of hydrogen-bond donors (Lipinski definition) is 1. The summed E-state index contributed by atoms with van der Waals surface area (Å²) in [4.78, 5) is 2.42. The topological polar surface area (TPSA) is 33.7 Å². The van der Waals surface area contributed by atoms with Crippen LogP contribution in [0.5, 0.6) is 11.5 Å². The van der Waals surface area contributed by atoms with Gasteiger partial charge in [0, 0.05) is 26.4 Å². The monoisotopic (exact) mass is 292 g/mol. The number of ether oxygens (including phenoxy) is 2. The number of para-hydroxylation sites is 2. The fourth-order valence-electron chi connectivity index (χ4n) is 2.64. The van der Waals surface area contributed by atoms with Gasteiger partial charge in [-0.1, -0.05) is 26.0 Å². The number of fused-ring (bicyclic) bond motifs is 1. The van der Waals surface area contributed by atoms with E-state index in [2.05, 4.69) is 24.1 Å². The van der Waals surface area contributed by atoms with Crippen LogP contribution in [0.3, 0.4) is 0 Å². The fraction of sp³-hybridized carbons (Fsp3) is 0.647. The summed E-state index contributed by atoms with van der Waals surface area (Å²) in [7, 11) is 0. The van der Waals surface area contributed by atoms with Crippen LogP contribution in [0.4, 0.5) is 0 Å². The van der Waals surface area contributed by atoms with Gasteiger partial charge in [0.25, 0.3) is 0 Å². The zero-order chi connectivity index (χ0) is 15.1. The maximum atomic E-state index is 5.92. The van der Waals surface area contributed by atoms with Crippen molar-refractivity contribution >= 4 is 0 Å². The quantitative estimate of drug-likeness (QED) is 0.710. The molecule has 0 amide bonds. The Labute approximate surface area is 128 Å². The third-order valence-corrected chi connectivity index (χ3v) is 3.98. The molecule has 0 aromatic heterocycles. The highest BCUT2D eigenvalue weighted by molar-refractivity contribution is 5.42. The molecule has 0 radical (unpaired) electrons. The molecule has 1 N–H and O–H groups in total. The normalized spacial score (nSPS) is 15.6. The van der Waals surface area contributed by atoms with Crippen LogP contribution in [-0.2, 0) is 0 Å². The fourth-order valence-corrected chi connectivity index (χ4v) is 2.64. The van der Waals surface area contributed by atoms with Gasteiger partial charge in [-0.05, 0) is 38.2 Å². The molecule has 0 fully saturated rings. The van der Waals surface area contributed by atoms with Gasteiger partial charge in [-0.3, -0.25) is 0 Å². The van der Waals surface area contributed by atoms with E-state index in [0.29, 0.717) is 0 Å². The second-order valence-corrected chi connectivity index (χ2v) is 5.67. The van der Waals surface area contributed by atoms with Crippen molar-refractivity contribution in [3.63, 3.8) is 0 Å². The first-order chi connectivity index (χ1) is 10.2. The van der Waals surface area contributed by atoms with Gasteiger partial charge in [-0.2, -0.15) is 0 Å². The van der Waals surface area contributed by atoms with Crippen LogP contribution in [0.2, 0.25) is 0 Å². The molecule has 21 heavy (non-hydrogen) atoms. The summed E-state index contributed by atoms with van der Waals surface area (Å²) >= 11 is 0. The Morgan fingerprint density at radius 1 is 1.05 bits per heavy atom. The Balaban J connectivity index is 1.62. The van der Waals surface area contributed by atoms with Crippen molar-refractivity contribution in [3.8, 4) is 11.5 Å². The van der Waals surface area contributed by atoms with Crippen LogP contribution < -0.4 is 14.8 Å². The third kappa shape index (κ3) is 4.61. The lowest BCUT2D eigenvalue weighted by atomic mass is 10.1. The number of hydrogen-bond acceptors (Lipinski definition) is 4. The molecule has 0 atom stereocenters. The molecule has 0 spiro atoms. The lowest BCUT2D eigenvalue weighted by molar-refractivity contribution is -0.0691. The minimum absolute atomic E-state index is 0.510. The molecule has 118 valence electrons. The highest BCUT2D eigenvalue weighted by Crippen LogP contribution is 2.40. The Bertz CT molecular complexity index is 408. The van der Waals surface area contributed by atoms with Crippen molar-refractivity contribution in [2.75, 3.05) is 32.7 Å². The molecule has 1 aliphatic heterocycles. The molecule has 0 saturated heterocycles. The SMILES string of the molecule is CCN(CC)CCNCCCC1(C)Oc2ccccc2O1. The summed E-state index contributed by atoms with van der Waals surface area (Å²) in [5.41, 5.74) is 0. The number of rotatable bonds is 9. The summed E-state index contributed by atoms with van der Waals surface area (Å²) in [6.45, 7) is 11.8. The summed E-state index contributed by atoms with van der Waals surface area (Å²) in [5.74, 6) is 1.20. The molecule has 0 saturated carbocycles. The molecule has 1 aromatic carbocycles. The van der Waals surface area contributed by atoms with E-state index in [0.717, 1.165) is 57.1 Å². The van der Waals surface area contributed by atoms with Crippen molar-refractivity contribution < 1.29 is 9.47 Å². The lowest BCUT2D eigenvalue weighted by Gasteiger charge is -2.23. The molecule has 4 nitrogen and oxygen atoms in total. The van der Waals surface area contributed by atoms with Crippen LogP contribution in [0.1, 0.15) is 33.6 Å². The zero-order valence-electron chi connectivity index (χ0n) is 13.5. The molecule has 1 aromatic rings. The van der Waals surface area contributed by atoms with Crippen LogP contribution in [-0.4, -0.2) is 43.4 Å². The average molecular weight is 292 g/mol. The van der Waals surface area contributed by atoms with Gasteiger partial charge >= 0.3 is 0 Å². The van der Waals surface area contributed by atoms with Gasteiger partial charge < -0.3 is 19.7 Å². The Morgan fingerprint density at radius 3 is 2.24 bits per heavy atom. The molecular weight excluding hydrogens is 264 g/mol. The van der Waals surface area contributed by atoms with Crippen molar-refractivity contribution in [1.29, 1.82) is 0 Å². The van der Waals surface area contributed by atoms with E-state index >= 15 is 0 Å². The zero-order valence-corrected chi connectivity index (χ0v) is 13.5. The van der Waals surface area contributed by atoms with Gasteiger partial charge in [0.2, 0.25) is 5.79 Å². The van der Waals surface area contributed by atoms with E-state index in [9.17, 15) is 0 Å². The molecule has 0 aliphatic carbocycles. The smallest absolute Gasteiger partial charge is 0.248 e. The van der Waals surface area contributed by atoms with E-state index < -0.39 is 5.79 Å². The summed E-state index contributed by atoms with van der Waals surface area (Å²) < 4.78 is 11.8. The predicted octanol–water partition coefficient (Wildman–Crippen LogP) is 2.89. The van der Waals surface area contributed by atoms with E-state index in [4.69, 9.17) is 9.47 Å². The van der Waals surface area contributed by atoms with Crippen molar-refractivity contribution in [1.82, 2.24) is 10.2 Å². The number of nitrogens with one attached hydrogen (secondary N) is 1. The van der Waals surface area contributed by atoms with E-state index in [-0.39, 0.29) is 0 Å². The van der Waals surface area contributed by atoms with E-state index in [1.165, 1.54) is 0 Å². The molecule has 0 bridgehead atoms. The molecule has 0 unspecified atom stereocenters. The molecule has 4 heteroatoms. The Morgan fingerprint density at radius 2 is 1.67 bits per heavy atom. The first-order valence-electron chi connectivity index (χ1n) is 8.07. The Kier molecular flexibility index (Phi) is 5.88. The minimum Gasteiger partial charge on any atom is -0.449 e. The van der Waals surface area contributed by atoms with Gasteiger partial charge in [-0.15, -0.1) is 0 Å². The summed E-state index contributed by atoms with van der Waals surface area (Å²) in [6.07, 6.45) is 1.93. The maximum absolute atomic E-state index is 5.92. The molecular formula is C17H28N2O2. The van der Waals surface area contributed by atoms with Crippen LogP contribution in [0, 0.1) is 0 Å². The first-order valence-corrected chi connectivity index (χ1v) is 8.07. The van der Waals surface area contributed by atoms with E-state index in [1.54, 1.807) is 0 Å². The highest BCUT2D eigenvalue weighted by atomic mass is 16.7. The maximum Gasteiger partial charge on any atom is 0.248 e. The van der Waals surface area contributed by atoms with Crippen molar-refractivity contribution in [2.24, 2.45) is 0 Å². The minimum atomic E-state index is -0.510. The highest BCUT2D eigenvalue weighted by Gasteiger charge is 2.35. The van der Waals surface area contributed by atoms with Crippen molar-refractivity contribution in [3.05, 3.63) is 24.3 Å². The van der Waals surface area contributed by atoms with Crippen LogP contribution in [0.25, 0.3) is 0 Å². The number of nitrogens with zero attached hydrogens (tertiary/aromatic N) is 1. The van der Waals surface area contributed by atoms with Gasteiger partial charge in [0.05, 0.1) is 0 Å². The summed E-state index contributed by atoms with van der Waals surface area (Å²) in [6, 6.07) is 7.87. The largest absolute Gasteiger partial charge is 0.449 e. The van der Waals surface area contributed by atoms with Crippen molar-refractivity contribution in [2.45, 2.75) is 39.4 Å². The van der Waals surface area contributed by atoms with Gasteiger partial charge in [0.15, 0.2) is 11.5 Å². The average Bonchev–Trinajstić information content (AvgIpc) is 2.83. The third-order valence-electron chi connectivity index (χ3n) is 3.98.